The average Bonchev–Trinajstić information content (AvgIpc) is 2.04. The van der Waals surface area contributed by atoms with E-state index in [2.05, 4.69) is 17.6 Å². The Balaban J connectivity index is 3.04. The maximum absolute atomic E-state index is 5.86. The largest absolute Gasteiger partial charge is 0.244 e. The van der Waals surface area contributed by atoms with Gasteiger partial charge in [0.25, 0.3) is 0 Å². The number of hydrogen-bond acceptors (Lipinski definition) is 2. The highest BCUT2D eigenvalue weighted by Gasteiger charge is 2.01. The predicted octanol–water partition coefficient (Wildman–Crippen LogP) is 3.33. The molecule has 1 aromatic rings. The Labute approximate surface area is 86.8 Å². The van der Waals surface area contributed by atoms with E-state index >= 15 is 0 Å². The SMILES string of the molecule is SCC=Cc1c(Cl)ccnc1Cl. The van der Waals surface area contributed by atoms with E-state index in [1.165, 1.54) is 0 Å². The molecule has 0 saturated carbocycles. The highest BCUT2D eigenvalue weighted by Crippen LogP contribution is 2.23. The fraction of sp³-hybridized carbons (Fsp3) is 0.125. The van der Waals surface area contributed by atoms with Gasteiger partial charge in [0.15, 0.2) is 0 Å². The lowest BCUT2D eigenvalue weighted by atomic mass is 10.2. The summed E-state index contributed by atoms with van der Waals surface area (Å²) in [6, 6.07) is 1.70. The van der Waals surface area contributed by atoms with Crippen molar-refractivity contribution in [1.82, 2.24) is 4.98 Å². The van der Waals surface area contributed by atoms with E-state index in [-0.39, 0.29) is 0 Å². The predicted molar refractivity (Wildman–Crippen MR) is 57.1 cm³/mol. The van der Waals surface area contributed by atoms with Gasteiger partial charge in [-0.2, -0.15) is 12.6 Å². The molecule has 0 aliphatic heterocycles. The summed E-state index contributed by atoms with van der Waals surface area (Å²) in [6.07, 6.45) is 5.24. The van der Waals surface area contributed by atoms with E-state index in [4.69, 9.17) is 23.2 Å². The second-order valence-corrected chi connectivity index (χ2v) is 3.21. The Morgan fingerprint density at radius 1 is 1.50 bits per heavy atom. The summed E-state index contributed by atoms with van der Waals surface area (Å²) < 4.78 is 0. The second-order valence-electron chi connectivity index (χ2n) is 2.08. The van der Waals surface area contributed by atoms with Crippen LogP contribution in [0.5, 0.6) is 0 Å². The summed E-state index contributed by atoms with van der Waals surface area (Å²) >= 11 is 15.7. The Morgan fingerprint density at radius 2 is 2.25 bits per heavy atom. The minimum atomic E-state index is 0.417. The number of thiol groups is 1. The first-order valence-corrected chi connectivity index (χ1v) is 4.72. The third kappa shape index (κ3) is 2.41. The molecule has 64 valence electrons. The van der Waals surface area contributed by atoms with Gasteiger partial charge in [-0.05, 0) is 6.07 Å². The smallest absolute Gasteiger partial charge is 0.137 e. The summed E-state index contributed by atoms with van der Waals surface area (Å²) in [7, 11) is 0. The molecule has 4 heteroatoms. The quantitative estimate of drug-likeness (QED) is 0.595. The molecule has 1 rings (SSSR count). The van der Waals surface area contributed by atoms with E-state index in [0.29, 0.717) is 15.9 Å². The Hall–Kier alpha value is -0.180. The summed E-state index contributed by atoms with van der Waals surface area (Å²) in [5.74, 6) is 0.654. The molecule has 1 heterocycles. The van der Waals surface area contributed by atoms with Crippen LogP contribution in [-0.2, 0) is 0 Å². The Bertz CT molecular complexity index is 279. The molecule has 0 unspecified atom stereocenters. The number of aromatic nitrogens is 1. The van der Waals surface area contributed by atoms with E-state index in [1.54, 1.807) is 12.3 Å². The Kier molecular flexibility index (Phi) is 3.92. The van der Waals surface area contributed by atoms with Crippen LogP contribution in [0.25, 0.3) is 6.08 Å². The van der Waals surface area contributed by atoms with Crippen LogP contribution < -0.4 is 0 Å². The summed E-state index contributed by atoms with van der Waals surface area (Å²) in [5.41, 5.74) is 0.745. The molecule has 1 aromatic heterocycles. The lowest BCUT2D eigenvalue weighted by molar-refractivity contribution is 1.32. The number of halogens is 2. The first-order valence-electron chi connectivity index (χ1n) is 3.33. The van der Waals surface area contributed by atoms with Crippen LogP contribution >= 0.6 is 35.8 Å². The summed E-state index contributed by atoms with van der Waals surface area (Å²) in [6.45, 7) is 0. The molecule has 0 bridgehead atoms. The zero-order chi connectivity index (χ0) is 8.97. The van der Waals surface area contributed by atoms with Gasteiger partial charge in [-0.1, -0.05) is 35.4 Å². The minimum Gasteiger partial charge on any atom is -0.244 e. The molecule has 12 heavy (non-hydrogen) atoms. The highest BCUT2D eigenvalue weighted by atomic mass is 35.5. The molecule has 0 N–H and O–H groups in total. The van der Waals surface area contributed by atoms with Crippen LogP contribution in [0, 0.1) is 0 Å². The maximum atomic E-state index is 5.86. The van der Waals surface area contributed by atoms with Gasteiger partial charge in [-0.15, -0.1) is 0 Å². The minimum absolute atomic E-state index is 0.417. The normalized spacial score (nSPS) is 10.9. The fourth-order valence-corrected chi connectivity index (χ4v) is 1.33. The van der Waals surface area contributed by atoms with Gasteiger partial charge in [-0.25, -0.2) is 4.98 Å². The van der Waals surface area contributed by atoms with E-state index in [9.17, 15) is 0 Å². The molecule has 0 spiro atoms. The van der Waals surface area contributed by atoms with Crippen LogP contribution in [0.1, 0.15) is 5.56 Å². The van der Waals surface area contributed by atoms with E-state index in [1.807, 2.05) is 12.2 Å². The monoisotopic (exact) mass is 219 g/mol. The molecule has 0 aliphatic carbocycles. The molecular formula is C8H7Cl2NS. The molecule has 0 fully saturated rings. The summed E-state index contributed by atoms with van der Waals surface area (Å²) in [4.78, 5) is 3.90. The first kappa shape index (κ1) is 9.90. The molecule has 0 aromatic carbocycles. The zero-order valence-corrected chi connectivity index (χ0v) is 8.57. The molecule has 0 saturated heterocycles. The van der Waals surface area contributed by atoms with E-state index < -0.39 is 0 Å². The first-order chi connectivity index (χ1) is 5.75. The van der Waals surface area contributed by atoms with Crippen molar-refractivity contribution in [2.45, 2.75) is 0 Å². The van der Waals surface area contributed by atoms with Gasteiger partial charge in [-0.3, -0.25) is 0 Å². The van der Waals surface area contributed by atoms with Crippen molar-refractivity contribution in [3.63, 3.8) is 0 Å². The highest BCUT2D eigenvalue weighted by molar-refractivity contribution is 7.80. The zero-order valence-electron chi connectivity index (χ0n) is 6.17. The third-order valence-corrected chi connectivity index (χ3v) is 2.12. The van der Waals surface area contributed by atoms with Crippen LogP contribution in [0.4, 0.5) is 0 Å². The molecule has 1 nitrogen and oxygen atoms in total. The van der Waals surface area contributed by atoms with Crippen LogP contribution in [-0.4, -0.2) is 10.7 Å². The van der Waals surface area contributed by atoms with Crippen molar-refractivity contribution >= 4 is 41.9 Å². The van der Waals surface area contributed by atoms with Gasteiger partial charge >= 0.3 is 0 Å². The second kappa shape index (κ2) is 4.75. The van der Waals surface area contributed by atoms with Crippen molar-refractivity contribution in [3.8, 4) is 0 Å². The topological polar surface area (TPSA) is 12.9 Å². The van der Waals surface area contributed by atoms with E-state index in [0.717, 1.165) is 5.56 Å². The lowest BCUT2D eigenvalue weighted by Gasteiger charge is -1.98. The van der Waals surface area contributed by atoms with Gasteiger partial charge in [0, 0.05) is 17.5 Å². The van der Waals surface area contributed by atoms with Crippen molar-refractivity contribution < 1.29 is 0 Å². The number of hydrogen-bond donors (Lipinski definition) is 1. The molecular weight excluding hydrogens is 213 g/mol. The molecule has 0 radical (unpaired) electrons. The van der Waals surface area contributed by atoms with Crippen molar-refractivity contribution in [1.29, 1.82) is 0 Å². The average molecular weight is 220 g/mol. The molecule has 0 atom stereocenters. The van der Waals surface area contributed by atoms with Gasteiger partial charge in [0.1, 0.15) is 5.15 Å². The van der Waals surface area contributed by atoms with Gasteiger partial charge in [0.2, 0.25) is 0 Å². The van der Waals surface area contributed by atoms with Gasteiger partial charge in [0.05, 0.1) is 5.02 Å². The number of rotatable bonds is 2. The third-order valence-electron chi connectivity index (χ3n) is 1.28. The van der Waals surface area contributed by atoms with Crippen LogP contribution in [0.15, 0.2) is 18.3 Å². The fourth-order valence-electron chi connectivity index (χ4n) is 0.745. The standard InChI is InChI=1S/C8H7Cl2NS/c9-7-3-4-11-8(10)6(7)2-1-5-12/h1-4,12H,5H2. The number of nitrogens with zero attached hydrogens (tertiary/aromatic N) is 1. The van der Waals surface area contributed by atoms with Crippen molar-refractivity contribution in [2.75, 3.05) is 5.75 Å². The van der Waals surface area contributed by atoms with Crippen LogP contribution in [0.2, 0.25) is 10.2 Å². The van der Waals surface area contributed by atoms with Crippen LogP contribution in [0.3, 0.4) is 0 Å². The molecule has 0 amide bonds. The maximum Gasteiger partial charge on any atom is 0.137 e. The summed E-state index contributed by atoms with van der Waals surface area (Å²) in [5, 5.41) is 1.02. The Morgan fingerprint density at radius 3 is 2.83 bits per heavy atom. The molecule has 0 aliphatic rings. The number of pyridine rings is 1. The van der Waals surface area contributed by atoms with Gasteiger partial charge < -0.3 is 0 Å². The van der Waals surface area contributed by atoms with Crippen molar-refractivity contribution in [3.05, 3.63) is 34.1 Å². The van der Waals surface area contributed by atoms with Crippen molar-refractivity contribution in [2.24, 2.45) is 0 Å². The lowest BCUT2D eigenvalue weighted by Crippen LogP contribution is -1.81.